The Kier molecular flexibility index (Phi) is 4.63. The van der Waals surface area contributed by atoms with Crippen LogP contribution in [0.3, 0.4) is 0 Å². The van der Waals surface area contributed by atoms with Gasteiger partial charge in [0.1, 0.15) is 5.76 Å². The standard InChI is InChI=1S/C14H24N2O/c1-3-7-16(13-5-6-13)10-14-8-12(11-17-14)9-15-4-2/h8,11,13,15H,3-7,9-10H2,1-2H3. The van der Waals surface area contributed by atoms with E-state index in [1.807, 2.05) is 6.26 Å². The SMILES string of the molecule is CCCN(Cc1cc(CNCC)co1)C1CC1. The van der Waals surface area contributed by atoms with Crippen LogP contribution in [0, 0.1) is 0 Å². The van der Waals surface area contributed by atoms with Gasteiger partial charge in [-0.05, 0) is 38.4 Å². The van der Waals surface area contributed by atoms with E-state index in [0.29, 0.717) is 0 Å². The minimum Gasteiger partial charge on any atom is -0.468 e. The molecule has 0 saturated heterocycles. The summed E-state index contributed by atoms with van der Waals surface area (Å²) in [6, 6.07) is 3.01. The molecule has 2 rings (SSSR count). The summed E-state index contributed by atoms with van der Waals surface area (Å²) in [5.74, 6) is 1.11. The van der Waals surface area contributed by atoms with Crippen LogP contribution < -0.4 is 5.32 Å². The van der Waals surface area contributed by atoms with Crippen LogP contribution in [0.4, 0.5) is 0 Å². The van der Waals surface area contributed by atoms with Crippen molar-refractivity contribution in [2.24, 2.45) is 0 Å². The summed E-state index contributed by atoms with van der Waals surface area (Å²) in [5, 5.41) is 3.32. The topological polar surface area (TPSA) is 28.4 Å². The molecule has 1 heterocycles. The zero-order chi connectivity index (χ0) is 12.1. The third kappa shape index (κ3) is 3.86. The van der Waals surface area contributed by atoms with E-state index < -0.39 is 0 Å². The fourth-order valence-corrected chi connectivity index (χ4v) is 2.19. The monoisotopic (exact) mass is 236 g/mol. The molecule has 3 nitrogen and oxygen atoms in total. The Hall–Kier alpha value is -0.800. The zero-order valence-electron chi connectivity index (χ0n) is 11.0. The molecule has 17 heavy (non-hydrogen) atoms. The molecule has 0 amide bonds. The lowest BCUT2D eigenvalue weighted by Crippen LogP contribution is -2.26. The molecule has 0 aromatic carbocycles. The van der Waals surface area contributed by atoms with Gasteiger partial charge in [0, 0.05) is 18.2 Å². The maximum absolute atomic E-state index is 5.63. The number of hydrogen-bond donors (Lipinski definition) is 1. The number of nitrogens with one attached hydrogen (secondary N) is 1. The number of rotatable bonds is 8. The molecule has 1 aromatic rings. The van der Waals surface area contributed by atoms with Crippen LogP contribution in [0.1, 0.15) is 44.4 Å². The summed E-state index contributed by atoms with van der Waals surface area (Å²) in [7, 11) is 0. The van der Waals surface area contributed by atoms with E-state index in [-0.39, 0.29) is 0 Å². The van der Waals surface area contributed by atoms with E-state index in [0.717, 1.165) is 31.4 Å². The largest absolute Gasteiger partial charge is 0.468 e. The first-order valence-corrected chi connectivity index (χ1v) is 6.84. The van der Waals surface area contributed by atoms with Gasteiger partial charge in [0.2, 0.25) is 0 Å². The van der Waals surface area contributed by atoms with E-state index in [2.05, 4.69) is 30.1 Å². The van der Waals surface area contributed by atoms with Gasteiger partial charge >= 0.3 is 0 Å². The molecule has 0 unspecified atom stereocenters. The second kappa shape index (κ2) is 6.22. The first-order valence-electron chi connectivity index (χ1n) is 6.84. The predicted octanol–water partition coefficient (Wildman–Crippen LogP) is 2.76. The summed E-state index contributed by atoms with van der Waals surface area (Å²) >= 11 is 0. The van der Waals surface area contributed by atoms with Gasteiger partial charge in [0.25, 0.3) is 0 Å². The lowest BCUT2D eigenvalue weighted by molar-refractivity contribution is 0.234. The van der Waals surface area contributed by atoms with Crippen molar-refractivity contribution in [3.05, 3.63) is 23.7 Å². The van der Waals surface area contributed by atoms with Gasteiger partial charge in [0.05, 0.1) is 12.8 Å². The van der Waals surface area contributed by atoms with Crippen LogP contribution in [0.25, 0.3) is 0 Å². The minimum absolute atomic E-state index is 0.817. The Bertz CT molecular complexity index is 331. The highest BCUT2D eigenvalue weighted by Gasteiger charge is 2.28. The number of hydrogen-bond acceptors (Lipinski definition) is 3. The molecule has 1 fully saturated rings. The first-order chi connectivity index (χ1) is 8.33. The van der Waals surface area contributed by atoms with E-state index in [4.69, 9.17) is 4.42 Å². The highest BCUT2D eigenvalue weighted by Crippen LogP contribution is 2.28. The molecule has 0 bridgehead atoms. The summed E-state index contributed by atoms with van der Waals surface area (Å²) in [5.41, 5.74) is 1.26. The highest BCUT2D eigenvalue weighted by molar-refractivity contribution is 5.13. The van der Waals surface area contributed by atoms with Crippen molar-refractivity contribution < 1.29 is 4.42 Å². The zero-order valence-corrected chi connectivity index (χ0v) is 11.0. The highest BCUT2D eigenvalue weighted by atomic mass is 16.3. The molecule has 96 valence electrons. The average Bonchev–Trinajstić information content (AvgIpc) is 3.08. The molecular formula is C14H24N2O. The van der Waals surface area contributed by atoms with Crippen LogP contribution >= 0.6 is 0 Å². The van der Waals surface area contributed by atoms with Gasteiger partial charge in [-0.25, -0.2) is 0 Å². The Labute approximate surface area is 104 Å². The third-order valence-corrected chi connectivity index (χ3v) is 3.22. The minimum atomic E-state index is 0.817. The Morgan fingerprint density at radius 1 is 1.41 bits per heavy atom. The van der Waals surface area contributed by atoms with Crippen LogP contribution in [-0.4, -0.2) is 24.0 Å². The second-order valence-corrected chi connectivity index (χ2v) is 4.90. The van der Waals surface area contributed by atoms with E-state index in [9.17, 15) is 0 Å². The fraction of sp³-hybridized carbons (Fsp3) is 0.714. The third-order valence-electron chi connectivity index (χ3n) is 3.22. The summed E-state index contributed by atoms with van der Waals surface area (Å²) in [4.78, 5) is 2.55. The maximum atomic E-state index is 5.63. The van der Waals surface area contributed by atoms with Crippen molar-refractivity contribution in [1.29, 1.82) is 0 Å². The molecule has 1 aliphatic rings. The van der Waals surface area contributed by atoms with Crippen LogP contribution in [0.2, 0.25) is 0 Å². The molecule has 0 spiro atoms. The molecule has 1 saturated carbocycles. The van der Waals surface area contributed by atoms with Crippen molar-refractivity contribution in [2.45, 2.75) is 52.2 Å². The molecular weight excluding hydrogens is 212 g/mol. The fourth-order valence-electron chi connectivity index (χ4n) is 2.19. The van der Waals surface area contributed by atoms with Gasteiger partial charge in [-0.1, -0.05) is 13.8 Å². The molecule has 1 N–H and O–H groups in total. The Morgan fingerprint density at radius 2 is 2.24 bits per heavy atom. The Balaban J connectivity index is 1.85. The molecule has 1 aliphatic carbocycles. The summed E-state index contributed by atoms with van der Waals surface area (Å²) in [6.07, 6.45) is 5.84. The van der Waals surface area contributed by atoms with Crippen LogP contribution in [-0.2, 0) is 13.1 Å². The molecule has 0 atom stereocenters. The second-order valence-electron chi connectivity index (χ2n) is 4.90. The van der Waals surface area contributed by atoms with Gasteiger partial charge in [0.15, 0.2) is 0 Å². The van der Waals surface area contributed by atoms with Gasteiger partial charge in [-0.2, -0.15) is 0 Å². The molecule has 3 heteroatoms. The lowest BCUT2D eigenvalue weighted by Gasteiger charge is -2.19. The van der Waals surface area contributed by atoms with Crippen LogP contribution in [0.5, 0.6) is 0 Å². The normalized spacial score (nSPS) is 15.7. The Morgan fingerprint density at radius 3 is 2.88 bits per heavy atom. The first kappa shape index (κ1) is 12.7. The van der Waals surface area contributed by atoms with Crippen molar-refractivity contribution in [3.63, 3.8) is 0 Å². The number of nitrogens with zero attached hydrogens (tertiary/aromatic N) is 1. The van der Waals surface area contributed by atoms with E-state index in [1.165, 1.54) is 31.4 Å². The lowest BCUT2D eigenvalue weighted by atomic mass is 10.3. The van der Waals surface area contributed by atoms with Crippen molar-refractivity contribution in [1.82, 2.24) is 10.2 Å². The van der Waals surface area contributed by atoms with Crippen LogP contribution in [0.15, 0.2) is 16.7 Å². The van der Waals surface area contributed by atoms with Gasteiger partial charge in [-0.3, -0.25) is 4.90 Å². The smallest absolute Gasteiger partial charge is 0.118 e. The quantitative estimate of drug-likeness (QED) is 0.752. The molecule has 1 aromatic heterocycles. The van der Waals surface area contributed by atoms with Crippen molar-refractivity contribution in [3.8, 4) is 0 Å². The average molecular weight is 236 g/mol. The summed E-state index contributed by atoms with van der Waals surface area (Å²) in [6.45, 7) is 8.45. The predicted molar refractivity (Wildman–Crippen MR) is 69.8 cm³/mol. The van der Waals surface area contributed by atoms with E-state index in [1.54, 1.807) is 0 Å². The van der Waals surface area contributed by atoms with E-state index >= 15 is 0 Å². The van der Waals surface area contributed by atoms with Gasteiger partial charge in [-0.15, -0.1) is 0 Å². The van der Waals surface area contributed by atoms with Gasteiger partial charge < -0.3 is 9.73 Å². The molecule has 0 radical (unpaired) electrons. The number of furan rings is 1. The van der Waals surface area contributed by atoms with Crippen molar-refractivity contribution >= 4 is 0 Å². The summed E-state index contributed by atoms with van der Waals surface area (Å²) < 4.78 is 5.63. The maximum Gasteiger partial charge on any atom is 0.118 e. The van der Waals surface area contributed by atoms with Crippen molar-refractivity contribution in [2.75, 3.05) is 13.1 Å². The molecule has 0 aliphatic heterocycles.